The minimum Gasteiger partial charge on any atom is -0.384 e. The topological polar surface area (TPSA) is 106 Å². The zero-order chi connectivity index (χ0) is 18.0. The summed E-state index contributed by atoms with van der Waals surface area (Å²) in [6, 6.07) is 8.33. The van der Waals surface area contributed by atoms with E-state index in [9.17, 15) is 14.9 Å². The van der Waals surface area contributed by atoms with Crippen molar-refractivity contribution in [3.05, 3.63) is 52.2 Å². The van der Waals surface area contributed by atoms with Crippen LogP contribution in [0.5, 0.6) is 0 Å². The molecular weight excluding hydrogens is 322 g/mol. The van der Waals surface area contributed by atoms with Gasteiger partial charge in [0.1, 0.15) is 11.5 Å². The van der Waals surface area contributed by atoms with Crippen molar-refractivity contribution in [1.29, 1.82) is 0 Å². The summed E-state index contributed by atoms with van der Waals surface area (Å²) in [4.78, 5) is 30.7. The maximum absolute atomic E-state index is 11.5. The molecule has 2 N–H and O–H groups in total. The number of piperazine rings is 1. The highest BCUT2D eigenvalue weighted by molar-refractivity contribution is 5.95. The lowest BCUT2D eigenvalue weighted by Crippen LogP contribution is -2.46. The number of rotatable bonds is 4. The molecule has 1 aromatic heterocycles. The van der Waals surface area contributed by atoms with Crippen LogP contribution >= 0.6 is 0 Å². The van der Waals surface area contributed by atoms with Gasteiger partial charge in [-0.05, 0) is 31.2 Å². The van der Waals surface area contributed by atoms with Crippen LogP contribution < -0.4 is 15.5 Å². The molecule has 0 amide bonds. The Morgan fingerprint density at radius 2 is 1.84 bits per heavy atom. The summed E-state index contributed by atoms with van der Waals surface area (Å²) >= 11 is 0. The minimum absolute atomic E-state index is 0.0321. The Morgan fingerprint density at radius 3 is 2.40 bits per heavy atom. The number of nitrogens with two attached hydrogens (primary N) is 1. The number of nitrogens with zero attached hydrogens (tertiary/aromatic N) is 4. The number of carbonyl (C=O) groups is 1. The van der Waals surface area contributed by atoms with Crippen molar-refractivity contribution >= 4 is 28.7 Å². The van der Waals surface area contributed by atoms with Crippen molar-refractivity contribution < 1.29 is 9.72 Å². The second-order valence-corrected chi connectivity index (χ2v) is 5.93. The molecule has 1 fully saturated rings. The average Bonchev–Trinajstić information content (AvgIpc) is 2.62. The quantitative estimate of drug-likeness (QED) is 0.515. The molecule has 2 heterocycles. The molecule has 8 heteroatoms. The van der Waals surface area contributed by atoms with E-state index in [1.54, 1.807) is 24.4 Å². The van der Waals surface area contributed by atoms with Gasteiger partial charge in [-0.3, -0.25) is 14.9 Å². The fraction of sp³-hybridized carbons (Fsp3) is 0.294. The number of Topliss-reactive ketones (excluding diaryl/α,β-unsaturated/α-hetero) is 1. The van der Waals surface area contributed by atoms with Crippen LogP contribution in [0.25, 0.3) is 0 Å². The van der Waals surface area contributed by atoms with Gasteiger partial charge in [0, 0.05) is 37.8 Å². The molecule has 0 spiro atoms. The summed E-state index contributed by atoms with van der Waals surface area (Å²) in [5.74, 6) is 0.291. The number of aromatic nitrogens is 1. The molecule has 1 aliphatic rings. The first-order valence-corrected chi connectivity index (χ1v) is 7.96. The van der Waals surface area contributed by atoms with Crippen LogP contribution in [0.4, 0.5) is 22.9 Å². The Hall–Kier alpha value is -3.16. The van der Waals surface area contributed by atoms with Crippen LogP contribution in [0, 0.1) is 10.1 Å². The third-order valence-electron chi connectivity index (χ3n) is 4.33. The number of hydrogen-bond donors (Lipinski definition) is 1. The predicted octanol–water partition coefficient (Wildman–Crippen LogP) is 2.10. The Bertz CT molecular complexity index is 798. The van der Waals surface area contributed by atoms with E-state index in [-0.39, 0.29) is 11.5 Å². The van der Waals surface area contributed by atoms with Gasteiger partial charge in [0.15, 0.2) is 5.78 Å². The first-order valence-electron chi connectivity index (χ1n) is 7.96. The second kappa shape index (κ2) is 6.76. The maximum Gasteiger partial charge on any atom is 0.293 e. The summed E-state index contributed by atoms with van der Waals surface area (Å²) in [6.45, 7) is 4.13. The number of nitro benzene ring substituents is 1. The summed E-state index contributed by atoms with van der Waals surface area (Å²) < 4.78 is 0. The minimum atomic E-state index is -0.432. The van der Waals surface area contributed by atoms with Gasteiger partial charge in [-0.15, -0.1) is 0 Å². The lowest BCUT2D eigenvalue weighted by Gasteiger charge is -2.37. The molecule has 130 valence electrons. The Morgan fingerprint density at radius 1 is 1.16 bits per heavy atom. The Balaban J connectivity index is 1.77. The lowest BCUT2D eigenvalue weighted by molar-refractivity contribution is -0.384. The van der Waals surface area contributed by atoms with Gasteiger partial charge in [0.25, 0.3) is 5.69 Å². The van der Waals surface area contributed by atoms with Crippen molar-refractivity contribution in [2.24, 2.45) is 0 Å². The number of pyridine rings is 1. The van der Waals surface area contributed by atoms with E-state index in [0.717, 1.165) is 18.8 Å². The number of benzene rings is 1. The average molecular weight is 341 g/mol. The first-order chi connectivity index (χ1) is 12.0. The summed E-state index contributed by atoms with van der Waals surface area (Å²) in [6.07, 6.45) is 1.73. The normalized spacial score (nSPS) is 14.4. The van der Waals surface area contributed by atoms with Gasteiger partial charge < -0.3 is 15.5 Å². The Kier molecular flexibility index (Phi) is 4.51. The van der Waals surface area contributed by atoms with Crippen molar-refractivity contribution in [3.63, 3.8) is 0 Å². The van der Waals surface area contributed by atoms with Gasteiger partial charge >= 0.3 is 0 Å². The Labute approximate surface area is 145 Å². The monoisotopic (exact) mass is 341 g/mol. The zero-order valence-corrected chi connectivity index (χ0v) is 13.9. The van der Waals surface area contributed by atoms with Gasteiger partial charge in [-0.25, -0.2) is 4.98 Å². The van der Waals surface area contributed by atoms with Crippen LogP contribution in [0.2, 0.25) is 0 Å². The van der Waals surface area contributed by atoms with Crippen molar-refractivity contribution in [2.75, 3.05) is 41.7 Å². The molecular formula is C17H19N5O3. The molecule has 3 rings (SSSR count). The highest BCUT2D eigenvalue weighted by Crippen LogP contribution is 2.30. The lowest BCUT2D eigenvalue weighted by atomic mass is 10.1. The first kappa shape index (κ1) is 16.7. The molecule has 1 saturated heterocycles. The molecule has 25 heavy (non-hydrogen) atoms. The summed E-state index contributed by atoms with van der Waals surface area (Å²) in [5, 5.41) is 11.4. The SMILES string of the molecule is CC(=O)c1ccc(N2CCN(c3ccc(N)nc3)CC2)c([N+](=O)[O-])c1. The van der Waals surface area contributed by atoms with Crippen LogP contribution in [-0.4, -0.2) is 41.9 Å². The largest absolute Gasteiger partial charge is 0.384 e. The molecule has 2 aromatic rings. The summed E-state index contributed by atoms with van der Waals surface area (Å²) in [7, 11) is 0. The van der Waals surface area contributed by atoms with E-state index in [1.165, 1.54) is 13.0 Å². The molecule has 0 bridgehead atoms. The third kappa shape index (κ3) is 3.52. The fourth-order valence-electron chi connectivity index (χ4n) is 2.95. The molecule has 0 unspecified atom stereocenters. The van der Waals surface area contributed by atoms with E-state index in [2.05, 4.69) is 9.88 Å². The van der Waals surface area contributed by atoms with Crippen molar-refractivity contribution in [2.45, 2.75) is 6.92 Å². The van der Waals surface area contributed by atoms with E-state index in [4.69, 9.17) is 5.73 Å². The number of anilines is 3. The van der Waals surface area contributed by atoms with Crippen molar-refractivity contribution in [3.8, 4) is 0 Å². The molecule has 0 saturated carbocycles. The number of nitro groups is 1. The highest BCUT2D eigenvalue weighted by Gasteiger charge is 2.24. The van der Waals surface area contributed by atoms with E-state index in [0.29, 0.717) is 30.2 Å². The molecule has 0 atom stereocenters. The number of ketones is 1. The van der Waals surface area contributed by atoms with Gasteiger partial charge in [-0.2, -0.15) is 0 Å². The van der Waals surface area contributed by atoms with Gasteiger partial charge in [0.05, 0.1) is 16.8 Å². The zero-order valence-electron chi connectivity index (χ0n) is 13.9. The van der Waals surface area contributed by atoms with E-state index in [1.807, 2.05) is 11.0 Å². The summed E-state index contributed by atoms with van der Waals surface area (Å²) in [5.41, 5.74) is 7.45. The van der Waals surface area contributed by atoms with Crippen LogP contribution in [0.1, 0.15) is 17.3 Å². The molecule has 8 nitrogen and oxygen atoms in total. The number of nitrogen functional groups attached to an aromatic ring is 1. The van der Waals surface area contributed by atoms with Crippen LogP contribution in [0.3, 0.4) is 0 Å². The maximum atomic E-state index is 11.5. The molecule has 0 aliphatic carbocycles. The standard InChI is InChI=1S/C17H19N5O3/c1-12(23)13-2-4-15(16(10-13)22(24)25)21-8-6-20(7-9-21)14-3-5-17(18)19-11-14/h2-5,10-11H,6-9H2,1H3,(H2,18,19). The van der Waals surface area contributed by atoms with Gasteiger partial charge in [-0.1, -0.05) is 0 Å². The highest BCUT2D eigenvalue weighted by atomic mass is 16.6. The van der Waals surface area contributed by atoms with E-state index < -0.39 is 4.92 Å². The van der Waals surface area contributed by atoms with Crippen LogP contribution in [0.15, 0.2) is 36.5 Å². The van der Waals surface area contributed by atoms with E-state index >= 15 is 0 Å². The smallest absolute Gasteiger partial charge is 0.293 e. The van der Waals surface area contributed by atoms with Crippen LogP contribution in [-0.2, 0) is 0 Å². The third-order valence-corrected chi connectivity index (χ3v) is 4.33. The molecule has 1 aromatic carbocycles. The number of hydrogen-bond acceptors (Lipinski definition) is 7. The number of carbonyl (C=O) groups excluding carboxylic acids is 1. The van der Waals surface area contributed by atoms with Gasteiger partial charge in [0.2, 0.25) is 0 Å². The molecule has 1 aliphatic heterocycles. The van der Waals surface area contributed by atoms with Crippen molar-refractivity contribution in [1.82, 2.24) is 4.98 Å². The molecule has 0 radical (unpaired) electrons. The predicted molar refractivity (Wildman–Crippen MR) is 96.2 cm³/mol. The second-order valence-electron chi connectivity index (χ2n) is 5.93. The fourth-order valence-corrected chi connectivity index (χ4v) is 2.95.